The summed E-state index contributed by atoms with van der Waals surface area (Å²) in [5.41, 5.74) is 2.78. The molecule has 0 saturated carbocycles. The van der Waals surface area contributed by atoms with Gasteiger partial charge in [0.15, 0.2) is 0 Å². The third-order valence-electron chi connectivity index (χ3n) is 8.09. The van der Waals surface area contributed by atoms with E-state index in [1.807, 2.05) is 58.0 Å². The molecular weight excluding hydrogens is 496 g/mol. The van der Waals surface area contributed by atoms with Crippen molar-refractivity contribution < 1.29 is 19.2 Å². The summed E-state index contributed by atoms with van der Waals surface area (Å²) in [7, 11) is 1.73. The van der Waals surface area contributed by atoms with Gasteiger partial charge in [0.1, 0.15) is 11.7 Å². The van der Waals surface area contributed by atoms with Gasteiger partial charge in [-0.25, -0.2) is 4.99 Å². The number of carbonyl (C=O) groups is 2. The van der Waals surface area contributed by atoms with E-state index in [0.29, 0.717) is 30.0 Å². The number of benzene rings is 1. The minimum Gasteiger partial charge on any atom is -0.391 e. The fourth-order valence-electron chi connectivity index (χ4n) is 5.83. The van der Waals surface area contributed by atoms with E-state index in [9.17, 15) is 19.5 Å². The van der Waals surface area contributed by atoms with Gasteiger partial charge in [0.05, 0.1) is 28.9 Å². The molecule has 9 heteroatoms. The minimum absolute atomic E-state index is 0.0525. The summed E-state index contributed by atoms with van der Waals surface area (Å²) in [6, 6.07) is 14.0. The Morgan fingerprint density at radius 3 is 2.51 bits per heavy atom. The SMILES string of the molecule is Cc1cc([C@@H](C(=O)N2C[C@H](O)C[C@@H]2C2=NC(=O)[C@](C)(c3ccc(-c4cccc(=O)n4C)cc3)C2)C(C)C)on1. The molecule has 0 unspecified atom stereocenters. The van der Waals surface area contributed by atoms with E-state index in [-0.39, 0.29) is 29.8 Å². The Hall–Kier alpha value is -3.85. The van der Waals surface area contributed by atoms with Gasteiger partial charge in [0.25, 0.3) is 11.5 Å². The highest BCUT2D eigenvalue weighted by molar-refractivity contribution is 6.11. The van der Waals surface area contributed by atoms with Gasteiger partial charge in [-0.1, -0.05) is 49.3 Å². The van der Waals surface area contributed by atoms with Gasteiger partial charge in [-0.05, 0) is 37.0 Å². The van der Waals surface area contributed by atoms with Crippen LogP contribution in [0.4, 0.5) is 0 Å². The molecule has 3 aromatic rings. The molecule has 1 fully saturated rings. The number of carbonyl (C=O) groups excluding carboxylic acids is 2. The molecule has 204 valence electrons. The number of aryl methyl sites for hydroxylation is 1. The maximum Gasteiger partial charge on any atom is 0.256 e. The molecule has 0 spiro atoms. The van der Waals surface area contributed by atoms with Gasteiger partial charge in [-0.15, -0.1) is 0 Å². The van der Waals surface area contributed by atoms with Crippen molar-refractivity contribution in [1.82, 2.24) is 14.6 Å². The van der Waals surface area contributed by atoms with Crippen molar-refractivity contribution in [3.63, 3.8) is 0 Å². The van der Waals surface area contributed by atoms with Gasteiger partial charge in [0.2, 0.25) is 5.91 Å². The predicted molar refractivity (Wildman–Crippen MR) is 146 cm³/mol. The monoisotopic (exact) mass is 530 g/mol. The van der Waals surface area contributed by atoms with E-state index >= 15 is 0 Å². The first-order valence-corrected chi connectivity index (χ1v) is 13.3. The third kappa shape index (κ3) is 4.76. The Morgan fingerprint density at radius 2 is 1.87 bits per heavy atom. The standard InChI is InChI=1S/C30H34N4O5/c1-17(2)27(25-13-18(3)32-39-25)28(37)34-16-21(35)14-24(34)22-15-30(4,29(38)31-22)20-11-9-19(10-12-20)23-7-6-8-26(36)33(23)5/h6-13,17,21,24,27,35H,14-16H2,1-5H3/t21-,24-,27+,30+/m1/s1. The van der Waals surface area contributed by atoms with Gasteiger partial charge >= 0.3 is 0 Å². The van der Waals surface area contributed by atoms with Gasteiger partial charge in [0, 0.05) is 44.3 Å². The second kappa shape index (κ2) is 10.0. The number of amides is 2. The Labute approximate surface area is 227 Å². The molecule has 1 aromatic carbocycles. The summed E-state index contributed by atoms with van der Waals surface area (Å²) in [5, 5.41) is 14.5. The quantitative estimate of drug-likeness (QED) is 0.522. The van der Waals surface area contributed by atoms with Crippen LogP contribution in [0.25, 0.3) is 11.3 Å². The zero-order valence-electron chi connectivity index (χ0n) is 22.9. The lowest BCUT2D eigenvalue weighted by atomic mass is 9.78. The fourth-order valence-corrected chi connectivity index (χ4v) is 5.83. The Morgan fingerprint density at radius 1 is 1.15 bits per heavy atom. The summed E-state index contributed by atoms with van der Waals surface area (Å²) in [6.07, 6.45) is -0.0243. The average Bonchev–Trinajstić information content (AvgIpc) is 3.58. The molecule has 2 aromatic heterocycles. The molecule has 1 saturated heterocycles. The Bertz CT molecular complexity index is 1500. The van der Waals surface area contributed by atoms with Crippen LogP contribution in [-0.4, -0.2) is 55.9 Å². The highest BCUT2D eigenvalue weighted by Gasteiger charge is 2.48. The average molecular weight is 531 g/mol. The largest absolute Gasteiger partial charge is 0.391 e. The van der Waals surface area contributed by atoms with Crippen molar-refractivity contribution in [3.8, 4) is 11.3 Å². The van der Waals surface area contributed by atoms with E-state index in [4.69, 9.17) is 4.52 Å². The van der Waals surface area contributed by atoms with Gasteiger partial charge in [-0.3, -0.25) is 14.4 Å². The zero-order chi connectivity index (χ0) is 28.1. The first-order chi connectivity index (χ1) is 18.5. The van der Waals surface area contributed by atoms with Crippen molar-refractivity contribution in [2.24, 2.45) is 18.0 Å². The van der Waals surface area contributed by atoms with Crippen LogP contribution in [0.2, 0.25) is 0 Å². The molecule has 4 atom stereocenters. The lowest BCUT2D eigenvalue weighted by Gasteiger charge is -2.30. The number of nitrogens with zero attached hydrogens (tertiary/aromatic N) is 4. The number of likely N-dealkylation sites (tertiary alicyclic amines) is 1. The zero-order valence-corrected chi connectivity index (χ0v) is 22.9. The van der Waals surface area contributed by atoms with E-state index < -0.39 is 23.5 Å². The summed E-state index contributed by atoms with van der Waals surface area (Å²) < 4.78 is 7.04. The maximum absolute atomic E-state index is 13.8. The Kier molecular flexibility index (Phi) is 6.88. The highest BCUT2D eigenvalue weighted by Crippen LogP contribution is 2.39. The number of hydrogen-bond acceptors (Lipinski definition) is 6. The normalized spacial score (nSPS) is 23.9. The first kappa shape index (κ1) is 26.7. The van der Waals surface area contributed by atoms with Crippen molar-refractivity contribution in [2.45, 2.75) is 64.0 Å². The van der Waals surface area contributed by atoms with Crippen LogP contribution in [0.5, 0.6) is 0 Å². The molecular formula is C30H34N4O5. The van der Waals surface area contributed by atoms with Crippen molar-refractivity contribution in [3.05, 3.63) is 75.9 Å². The lowest BCUT2D eigenvalue weighted by Crippen LogP contribution is -2.44. The number of β-amino-alcohol motifs (C(OH)–C–C–N with tert-alkyl or cyclic N) is 1. The first-order valence-electron chi connectivity index (χ1n) is 13.3. The van der Waals surface area contributed by atoms with Crippen LogP contribution >= 0.6 is 0 Å². The molecule has 39 heavy (non-hydrogen) atoms. The number of aliphatic hydroxyl groups excluding tert-OH is 1. The van der Waals surface area contributed by atoms with Crippen molar-refractivity contribution in [2.75, 3.05) is 6.54 Å². The lowest BCUT2D eigenvalue weighted by molar-refractivity contribution is -0.134. The summed E-state index contributed by atoms with van der Waals surface area (Å²) in [4.78, 5) is 45.3. The summed E-state index contributed by atoms with van der Waals surface area (Å²) >= 11 is 0. The van der Waals surface area contributed by atoms with Gasteiger partial charge < -0.3 is 19.1 Å². The second-order valence-corrected chi connectivity index (χ2v) is 11.3. The van der Waals surface area contributed by atoms with E-state index in [1.165, 1.54) is 6.07 Å². The van der Waals surface area contributed by atoms with Crippen molar-refractivity contribution >= 4 is 17.5 Å². The highest BCUT2D eigenvalue weighted by atomic mass is 16.5. The molecule has 2 amide bonds. The maximum atomic E-state index is 13.8. The molecule has 1 N–H and O–H groups in total. The topological polar surface area (TPSA) is 118 Å². The van der Waals surface area contributed by atoms with Crippen LogP contribution in [0, 0.1) is 12.8 Å². The van der Waals surface area contributed by atoms with Gasteiger partial charge in [-0.2, -0.15) is 0 Å². The van der Waals surface area contributed by atoms with E-state index in [2.05, 4.69) is 10.1 Å². The molecule has 5 rings (SSSR count). The molecule has 0 radical (unpaired) electrons. The molecule has 0 aliphatic carbocycles. The molecule has 0 bridgehead atoms. The van der Waals surface area contributed by atoms with E-state index in [1.54, 1.807) is 28.6 Å². The smallest absolute Gasteiger partial charge is 0.256 e. The van der Waals surface area contributed by atoms with E-state index in [0.717, 1.165) is 16.8 Å². The number of pyridine rings is 1. The van der Waals surface area contributed by atoms with Crippen LogP contribution < -0.4 is 5.56 Å². The van der Waals surface area contributed by atoms with Crippen LogP contribution in [0.3, 0.4) is 0 Å². The fraction of sp³-hybridized carbons (Fsp3) is 0.433. The van der Waals surface area contributed by atoms with Crippen LogP contribution in [0.15, 0.2) is 62.8 Å². The molecule has 4 heterocycles. The van der Waals surface area contributed by atoms with Crippen LogP contribution in [0.1, 0.15) is 56.5 Å². The summed E-state index contributed by atoms with van der Waals surface area (Å²) in [6.45, 7) is 7.75. The predicted octanol–water partition coefficient (Wildman–Crippen LogP) is 3.38. The third-order valence-corrected chi connectivity index (χ3v) is 8.09. The van der Waals surface area contributed by atoms with Crippen molar-refractivity contribution in [1.29, 1.82) is 0 Å². The molecule has 2 aliphatic heterocycles. The number of aliphatic imine (C=N–C) groups is 1. The number of aliphatic hydroxyl groups is 1. The number of hydrogen-bond donors (Lipinski definition) is 1. The number of rotatable bonds is 6. The Balaban J connectivity index is 1.40. The minimum atomic E-state index is -0.891. The molecule has 9 nitrogen and oxygen atoms in total. The summed E-state index contributed by atoms with van der Waals surface area (Å²) in [5.74, 6) is -0.535. The number of aromatic nitrogens is 2. The second-order valence-electron chi connectivity index (χ2n) is 11.3. The molecule has 2 aliphatic rings. The van der Waals surface area contributed by atoms with Crippen LogP contribution in [-0.2, 0) is 22.1 Å².